The molecule has 132 valence electrons. The van der Waals surface area contributed by atoms with Gasteiger partial charge in [-0.05, 0) is 38.0 Å². The average Bonchev–Trinajstić information content (AvgIpc) is 2.69. The molecule has 1 aromatic carbocycles. The topological polar surface area (TPSA) is 48.3 Å². The van der Waals surface area contributed by atoms with Gasteiger partial charge in [0.05, 0.1) is 25.0 Å². The molecule has 0 fully saturated rings. The summed E-state index contributed by atoms with van der Waals surface area (Å²) >= 11 is 0. The van der Waals surface area contributed by atoms with Gasteiger partial charge in [-0.3, -0.25) is 0 Å². The van der Waals surface area contributed by atoms with Gasteiger partial charge >= 0.3 is 0 Å². The van der Waals surface area contributed by atoms with Crippen LogP contribution in [0.25, 0.3) is 0 Å². The normalized spacial score (nSPS) is 16.6. The second kappa shape index (κ2) is 7.85. The monoisotopic (exact) mass is 355 g/mol. The first kappa shape index (κ1) is 18.5. The van der Waals surface area contributed by atoms with Crippen molar-refractivity contribution in [1.29, 1.82) is 0 Å². The highest BCUT2D eigenvalue weighted by atomic mass is 35.5. The van der Waals surface area contributed by atoms with Gasteiger partial charge in [-0.15, -0.1) is 12.4 Å². The first-order valence-corrected chi connectivity index (χ1v) is 7.82. The number of aromatic nitrogens is 2. The number of halogens is 2. The van der Waals surface area contributed by atoms with Crippen molar-refractivity contribution < 1.29 is 13.9 Å². The van der Waals surface area contributed by atoms with E-state index in [0.29, 0.717) is 13.2 Å². The number of nitrogens with one attached hydrogen (secondary N) is 1. The van der Waals surface area contributed by atoms with Crippen LogP contribution in [0.15, 0.2) is 18.2 Å². The Bertz CT molecular complexity index is 705. The Labute approximate surface area is 147 Å². The van der Waals surface area contributed by atoms with Crippen LogP contribution in [0.2, 0.25) is 0 Å². The number of benzene rings is 1. The van der Waals surface area contributed by atoms with E-state index in [0.717, 1.165) is 41.3 Å². The van der Waals surface area contributed by atoms with Crippen LogP contribution < -0.4 is 14.8 Å². The number of hydrogen-bond acceptors (Lipinski definition) is 4. The number of ether oxygens (including phenoxy) is 2. The van der Waals surface area contributed by atoms with E-state index in [1.807, 2.05) is 14.0 Å². The summed E-state index contributed by atoms with van der Waals surface area (Å²) in [5.41, 5.74) is 2.84. The lowest BCUT2D eigenvalue weighted by atomic mass is 10.0. The van der Waals surface area contributed by atoms with Gasteiger partial charge in [-0.2, -0.15) is 5.10 Å². The van der Waals surface area contributed by atoms with Gasteiger partial charge in [0.15, 0.2) is 0 Å². The standard InChI is InChI=1S/C17H22FN3O2.ClH/c1-11-14(17(22-3)21(2)20-11)10-19-15-5-4-8-23-16-7-6-12(18)9-13(15)16;/h6-7,9,15,19H,4-5,8,10H2,1-3H3;1H. The summed E-state index contributed by atoms with van der Waals surface area (Å²) in [6, 6.07) is 4.76. The molecule has 1 aliphatic heterocycles. The van der Waals surface area contributed by atoms with E-state index in [-0.39, 0.29) is 24.3 Å². The Hall–Kier alpha value is -1.79. The molecular formula is C17H23ClFN3O2. The summed E-state index contributed by atoms with van der Waals surface area (Å²) in [4.78, 5) is 0. The van der Waals surface area contributed by atoms with Gasteiger partial charge in [0.1, 0.15) is 11.6 Å². The zero-order chi connectivity index (χ0) is 16.4. The van der Waals surface area contributed by atoms with Crippen molar-refractivity contribution in [3.8, 4) is 11.6 Å². The maximum atomic E-state index is 13.6. The van der Waals surface area contributed by atoms with Gasteiger partial charge in [0, 0.05) is 25.2 Å². The lowest BCUT2D eigenvalue weighted by Crippen LogP contribution is -2.21. The Morgan fingerprint density at radius 2 is 2.25 bits per heavy atom. The molecule has 5 nitrogen and oxygen atoms in total. The summed E-state index contributed by atoms with van der Waals surface area (Å²) in [5, 5.41) is 7.90. The van der Waals surface area contributed by atoms with Crippen molar-refractivity contribution in [2.24, 2.45) is 7.05 Å². The minimum atomic E-state index is -0.240. The van der Waals surface area contributed by atoms with Crippen LogP contribution in [0, 0.1) is 12.7 Å². The Kier molecular flexibility index (Phi) is 6.07. The second-order valence-electron chi connectivity index (χ2n) is 5.80. The van der Waals surface area contributed by atoms with Crippen molar-refractivity contribution >= 4 is 12.4 Å². The summed E-state index contributed by atoms with van der Waals surface area (Å²) in [5.74, 6) is 1.27. The molecular weight excluding hydrogens is 333 g/mol. The van der Waals surface area contributed by atoms with Crippen LogP contribution in [0.1, 0.15) is 35.7 Å². The van der Waals surface area contributed by atoms with Crippen molar-refractivity contribution in [2.45, 2.75) is 32.4 Å². The molecule has 0 bridgehead atoms. The molecule has 3 rings (SSSR count). The van der Waals surface area contributed by atoms with E-state index in [1.54, 1.807) is 23.9 Å². The number of methoxy groups -OCH3 is 1. The van der Waals surface area contributed by atoms with E-state index in [9.17, 15) is 4.39 Å². The van der Waals surface area contributed by atoms with E-state index in [2.05, 4.69) is 10.4 Å². The summed E-state index contributed by atoms with van der Waals surface area (Å²) in [7, 11) is 3.50. The minimum Gasteiger partial charge on any atom is -0.493 e. The lowest BCUT2D eigenvalue weighted by Gasteiger charge is -2.18. The third-order valence-corrected chi connectivity index (χ3v) is 4.25. The number of aryl methyl sites for hydroxylation is 2. The van der Waals surface area contributed by atoms with E-state index < -0.39 is 0 Å². The number of nitrogens with zero attached hydrogens (tertiary/aromatic N) is 2. The number of rotatable bonds is 4. The SMILES string of the molecule is COc1c(CNC2CCCOc3ccc(F)cc32)c(C)nn1C.Cl. The molecule has 1 aliphatic rings. The van der Waals surface area contributed by atoms with E-state index >= 15 is 0 Å². The van der Waals surface area contributed by atoms with Crippen molar-refractivity contribution in [3.63, 3.8) is 0 Å². The minimum absolute atomic E-state index is 0. The second-order valence-corrected chi connectivity index (χ2v) is 5.80. The number of hydrogen-bond donors (Lipinski definition) is 1. The van der Waals surface area contributed by atoms with Crippen LogP contribution in [-0.4, -0.2) is 23.5 Å². The van der Waals surface area contributed by atoms with Crippen LogP contribution >= 0.6 is 12.4 Å². The molecule has 0 spiro atoms. The molecule has 0 aliphatic carbocycles. The maximum absolute atomic E-state index is 13.6. The van der Waals surface area contributed by atoms with Gasteiger partial charge in [0.2, 0.25) is 5.88 Å². The average molecular weight is 356 g/mol. The molecule has 2 aromatic rings. The molecule has 1 unspecified atom stereocenters. The van der Waals surface area contributed by atoms with Crippen LogP contribution in [-0.2, 0) is 13.6 Å². The Balaban J connectivity index is 0.00000208. The zero-order valence-corrected chi connectivity index (χ0v) is 15.0. The van der Waals surface area contributed by atoms with Gasteiger partial charge < -0.3 is 14.8 Å². The van der Waals surface area contributed by atoms with Gasteiger partial charge in [0.25, 0.3) is 0 Å². The van der Waals surface area contributed by atoms with E-state index in [4.69, 9.17) is 9.47 Å². The molecule has 0 saturated carbocycles. The third-order valence-electron chi connectivity index (χ3n) is 4.25. The Morgan fingerprint density at radius 1 is 1.46 bits per heavy atom. The largest absolute Gasteiger partial charge is 0.493 e. The molecule has 1 N–H and O–H groups in total. The zero-order valence-electron chi connectivity index (χ0n) is 14.1. The lowest BCUT2D eigenvalue weighted by molar-refractivity contribution is 0.314. The quantitative estimate of drug-likeness (QED) is 0.914. The molecule has 1 atom stereocenters. The highest BCUT2D eigenvalue weighted by Gasteiger charge is 2.22. The fourth-order valence-electron chi connectivity index (χ4n) is 3.13. The van der Waals surface area contributed by atoms with Crippen molar-refractivity contribution in [2.75, 3.05) is 13.7 Å². The molecule has 1 aromatic heterocycles. The van der Waals surface area contributed by atoms with Crippen molar-refractivity contribution in [3.05, 3.63) is 40.8 Å². The van der Waals surface area contributed by atoms with Crippen LogP contribution in [0.5, 0.6) is 11.6 Å². The highest BCUT2D eigenvalue weighted by Crippen LogP contribution is 2.33. The summed E-state index contributed by atoms with van der Waals surface area (Å²) in [6.45, 7) is 3.23. The van der Waals surface area contributed by atoms with E-state index in [1.165, 1.54) is 6.07 Å². The van der Waals surface area contributed by atoms with Crippen LogP contribution in [0.3, 0.4) is 0 Å². The fourth-order valence-corrected chi connectivity index (χ4v) is 3.13. The predicted octanol–water partition coefficient (Wildman–Crippen LogP) is 3.30. The maximum Gasteiger partial charge on any atom is 0.216 e. The molecule has 0 radical (unpaired) electrons. The molecule has 2 heterocycles. The molecule has 7 heteroatoms. The third kappa shape index (κ3) is 3.65. The smallest absolute Gasteiger partial charge is 0.216 e. The summed E-state index contributed by atoms with van der Waals surface area (Å²) in [6.07, 6.45) is 1.83. The highest BCUT2D eigenvalue weighted by molar-refractivity contribution is 5.85. The van der Waals surface area contributed by atoms with Crippen molar-refractivity contribution in [1.82, 2.24) is 15.1 Å². The van der Waals surface area contributed by atoms with Gasteiger partial charge in [-0.25, -0.2) is 9.07 Å². The summed E-state index contributed by atoms with van der Waals surface area (Å²) < 4.78 is 26.5. The molecule has 0 saturated heterocycles. The molecule has 0 amide bonds. The molecule has 24 heavy (non-hydrogen) atoms. The van der Waals surface area contributed by atoms with Crippen LogP contribution in [0.4, 0.5) is 4.39 Å². The fraction of sp³-hybridized carbons (Fsp3) is 0.471. The number of fused-ring (bicyclic) bond motifs is 1. The predicted molar refractivity (Wildman–Crippen MR) is 92.5 cm³/mol. The Morgan fingerprint density at radius 3 is 3.00 bits per heavy atom. The first-order chi connectivity index (χ1) is 11.1. The first-order valence-electron chi connectivity index (χ1n) is 7.82. The van der Waals surface area contributed by atoms with Gasteiger partial charge in [-0.1, -0.05) is 0 Å².